The Bertz CT molecular complexity index is 1260. The molecule has 1 aromatic heterocycles. The zero-order valence-corrected chi connectivity index (χ0v) is 15.8. The molecule has 12 heteroatoms. The quantitative estimate of drug-likeness (QED) is 0.567. The predicted octanol–water partition coefficient (Wildman–Crippen LogP) is 3.59. The first kappa shape index (κ1) is 20.7. The predicted molar refractivity (Wildman–Crippen MR) is 101 cm³/mol. The van der Waals surface area contributed by atoms with Crippen molar-refractivity contribution in [2.24, 2.45) is 16.5 Å². The standard InChI is InChI=1S/C19H14F6N6/c1-8-28-17-13(22)4-9(20)5-14(17)30(8)18-29-15(26)7-16(27)31(18)10-2-3-11(12(21)6-10)19(23,24)25/h2-7,16H,26-27H2,1H3. The molecule has 0 saturated carbocycles. The Morgan fingerprint density at radius 1 is 1.03 bits per heavy atom. The zero-order chi connectivity index (χ0) is 22.7. The molecule has 6 nitrogen and oxygen atoms in total. The average molecular weight is 440 g/mol. The van der Waals surface area contributed by atoms with Gasteiger partial charge in [-0.15, -0.1) is 0 Å². The summed E-state index contributed by atoms with van der Waals surface area (Å²) in [5.41, 5.74) is 10.2. The molecule has 4 rings (SSSR count). The number of rotatable bonds is 1. The van der Waals surface area contributed by atoms with Gasteiger partial charge in [0.25, 0.3) is 0 Å². The Labute approximate surface area is 171 Å². The summed E-state index contributed by atoms with van der Waals surface area (Å²) >= 11 is 0. The molecule has 0 spiro atoms. The number of aromatic nitrogens is 2. The highest BCUT2D eigenvalue weighted by atomic mass is 19.4. The third-order valence-electron chi connectivity index (χ3n) is 4.67. The van der Waals surface area contributed by atoms with Gasteiger partial charge in [-0.2, -0.15) is 18.2 Å². The van der Waals surface area contributed by atoms with Crippen LogP contribution in [0.3, 0.4) is 0 Å². The maximum absolute atomic E-state index is 14.2. The van der Waals surface area contributed by atoms with Gasteiger partial charge in [0.05, 0.1) is 11.1 Å². The molecule has 1 unspecified atom stereocenters. The minimum atomic E-state index is -4.89. The Morgan fingerprint density at radius 2 is 1.74 bits per heavy atom. The fourth-order valence-electron chi connectivity index (χ4n) is 3.39. The second-order valence-corrected chi connectivity index (χ2v) is 6.78. The SMILES string of the molecule is Cc1nc2c(F)cc(F)cc2n1C1=NC(N)=CC(N)N1c1ccc(C(F)(F)F)c(F)c1. The number of halogens is 6. The van der Waals surface area contributed by atoms with Gasteiger partial charge in [0.1, 0.15) is 35.0 Å². The van der Waals surface area contributed by atoms with E-state index in [9.17, 15) is 26.3 Å². The van der Waals surface area contributed by atoms with E-state index in [1.165, 1.54) is 22.5 Å². The van der Waals surface area contributed by atoms with Gasteiger partial charge in [-0.3, -0.25) is 9.47 Å². The molecule has 0 saturated heterocycles. The molecule has 0 radical (unpaired) electrons. The molecule has 1 aliphatic rings. The van der Waals surface area contributed by atoms with Gasteiger partial charge in [0.15, 0.2) is 5.82 Å². The summed E-state index contributed by atoms with van der Waals surface area (Å²) in [6.45, 7) is 1.48. The highest BCUT2D eigenvalue weighted by molar-refractivity contribution is 6.04. The number of alkyl halides is 3. The molecule has 0 amide bonds. The molecule has 0 aliphatic carbocycles. The van der Waals surface area contributed by atoms with Crippen LogP contribution in [0.2, 0.25) is 0 Å². The summed E-state index contributed by atoms with van der Waals surface area (Å²) < 4.78 is 82.4. The average Bonchev–Trinajstić information content (AvgIpc) is 2.96. The summed E-state index contributed by atoms with van der Waals surface area (Å²) in [5, 5.41) is 0. The van der Waals surface area contributed by atoms with Crippen molar-refractivity contribution >= 4 is 22.7 Å². The fourth-order valence-corrected chi connectivity index (χ4v) is 3.39. The van der Waals surface area contributed by atoms with Crippen molar-refractivity contribution in [2.75, 3.05) is 4.90 Å². The summed E-state index contributed by atoms with van der Waals surface area (Å²) in [6.07, 6.45) is -4.67. The van der Waals surface area contributed by atoms with Crippen molar-refractivity contribution in [3.05, 3.63) is 71.1 Å². The van der Waals surface area contributed by atoms with Gasteiger partial charge >= 0.3 is 6.18 Å². The van der Waals surface area contributed by atoms with Gasteiger partial charge in [-0.05, 0) is 31.2 Å². The molecule has 1 aliphatic heterocycles. The number of nitrogens with two attached hydrogens (primary N) is 2. The maximum atomic E-state index is 14.2. The molecular formula is C19H14F6N6. The van der Waals surface area contributed by atoms with Crippen LogP contribution in [0.4, 0.5) is 32.0 Å². The first-order chi connectivity index (χ1) is 14.5. The minimum Gasteiger partial charge on any atom is -0.384 e. The molecule has 2 aromatic carbocycles. The number of hydrogen-bond acceptors (Lipinski definition) is 5. The number of fused-ring (bicyclic) bond motifs is 1. The van der Waals surface area contributed by atoms with E-state index in [4.69, 9.17) is 11.5 Å². The van der Waals surface area contributed by atoms with Crippen LogP contribution in [0.1, 0.15) is 11.4 Å². The van der Waals surface area contributed by atoms with Gasteiger partial charge in [0, 0.05) is 17.8 Å². The van der Waals surface area contributed by atoms with Crippen LogP contribution >= 0.6 is 0 Å². The summed E-state index contributed by atoms with van der Waals surface area (Å²) in [6, 6.07) is 3.88. The molecule has 3 aromatic rings. The van der Waals surface area contributed by atoms with E-state index in [-0.39, 0.29) is 34.3 Å². The fraction of sp³-hybridized carbons (Fsp3) is 0.158. The van der Waals surface area contributed by atoms with E-state index in [0.717, 1.165) is 12.1 Å². The van der Waals surface area contributed by atoms with Crippen molar-refractivity contribution in [2.45, 2.75) is 19.3 Å². The summed E-state index contributed by atoms with van der Waals surface area (Å²) in [7, 11) is 0. The first-order valence-electron chi connectivity index (χ1n) is 8.79. The molecule has 31 heavy (non-hydrogen) atoms. The van der Waals surface area contributed by atoms with E-state index in [1.54, 1.807) is 0 Å². The highest BCUT2D eigenvalue weighted by Gasteiger charge is 2.35. The van der Waals surface area contributed by atoms with Crippen LogP contribution in [-0.2, 0) is 6.18 Å². The number of imidazole rings is 1. The van der Waals surface area contributed by atoms with Crippen LogP contribution in [0.15, 0.2) is 47.2 Å². The first-order valence-corrected chi connectivity index (χ1v) is 8.79. The Balaban J connectivity index is 1.93. The van der Waals surface area contributed by atoms with Crippen LogP contribution in [0.25, 0.3) is 11.0 Å². The number of benzene rings is 2. The topological polar surface area (TPSA) is 85.5 Å². The number of hydrogen-bond donors (Lipinski definition) is 2. The Hall–Kier alpha value is -3.54. The number of aliphatic imine (C=N–C) groups is 1. The normalized spacial score (nSPS) is 17.2. The highest BCUT2D eigenvalue weighted by Crippen LogP contribution is 2.34. The third kappa shape index (κ3) is 3.48. The number of aryl methyl sites for hydroxylation is 1. The van der Waals surface area contributed by atoms with Gasteiger partial charge in [0.2, 0.25) is 5.96 Å². The van der Waals surface area contributed by atoms with Crippen molar-refractivity contribution in [1.82, 2.24) is 9.55 Å². The van der Waals surface area contributed by atoms with Gasteiger partial charge in [-0.25, -0.2) is 18.2 Å². The lowest BCUT2D eigenvalue weighted by molar-refractivity contribution is -0.139. The largest absolute Gasteiger partial charge is 0.419 e. The molecule has 1 atom stereocenters. The Kier molecular flexibility index (Phi) is 4.69. The Morgan fingerprint density at radius 3 is 2.39 bits per heavy atom. The second-order valence-electron chi connectivity index (χ2n) is 6.78. The van der Waals surface area contributed by atoms with Crippen LogP contribution in [0.5, 0.6) is 0 Å². The molecular weight excluding hydrogens is 426 g/mol. The van der Waals surface area contributed by atoms with Crippen LogP contribution in [-0.4, -0.2) is 21.7 Å². The van der Waals surface area contributed by atoms with Crippen molar-refractivity contribution < 1.29 is 26.3 Å². The molecule has 4 N–H and O–H groups in total. The minimum absolute atomic E-state index is 0.0203. The van der Waals surface area contributed by atoms with Crippen molar-refractivity contribution in [3.8, 4) is 0 Å². The molecule has 2 heterocycles. The second kappa shape index (κ2) is 7.01. The zero-order valence-electron chi connectivity index (χ0n) is 15.8. The van der Waals surface area contributed by atoms with Gasteiger partial charge in [-0.1, -0.05) is 0 Å². The van der Waals surface area contributed by atoms with E-state index in [0.29, 0.717) is 18.2 Å². The van der Waals surface area contributed by atoms with E-state index >= 15 is 0 Å². The smallest absolute Gasteiger partial charge is 0.384 e. The van der Waals surface area contributed by atoms with Gasteiger partial charge < -0.3 is 11.5 Å². The van der Waals surface area contributed by atoms with Crippen LogP contribution in [0, 0.1) is 24.4 Å². The van der Waals surface area contributed by atoms with Crippen molar-refractivity contribution in [1.29, 1.82) is 0 Å². The lowest BCUT2D eigenvalue weighted by atomic mass is 10.1. The molecule has 0 fully saturated rings. The van der Waals surface area contributed by atoms with E-state index < -0.39 is 35.4 Å². The summed E-state index contributed by atoms with van der Waals surface area (Å²) in [4.78, 5) is 9.38. The third-order valence-corrected chi connectivity index (χ3v) is 4.67. The number of nitrogens with zero attached hydrogens (tertiary/aromatic N) is 4. The monoisotopic (exact) mass is 440 g/mol. The van der Waals surface area contributed by atoms with Crippen molar-refractivity contribution in [3.63, 3.8) is 0 Å². The molecule has 162 valence electrons. The summed E-state index contributed by atoms with van der Waals surface area (Å²) in [5.74, 6) is -3.34. The van der Waals surface area contributed by atoms with Crippen LogP contribution < -0.4 is 16.4 Å². The lowest BCUT2D eigenvalue weighted by Crippen LogP contribution is -2.50. The van der Waals surface area contributed by atoms with E-state index in [1.807, 2.05) is 0 Å². The van der Waals surface area contributed by atoms with E-state index in [2.05, 4.69) is 9.98 Å². The lowest BCUT2D eigenvalue weighted by Gasteiger charge is -2.33. The number of anilines is 1. The molecule has 0 bridgehead atoms. The maximum Gasteiger partial charge on any atom is 0.419 e.